The Bertz CT molecular complexity index is 96.6. The van der Waals surface area contributed by atoms with Crippen molar-refractivity contribution in [3.05, 3.63) is 12.2 Å². The van der Waals surface area contributed by atoms with Crippen molar-refractivity contribution in [2.75, 3.05) is 13.6 Å². The minimum absolute atomic E-state index is 0.718. The first-order chi connectivity index (χ1) is 3.84. The van der Waals surface area contributed by atoms with Crippen molar-refractivity contribution in [2.45, 2.75) is 19.4 Å². The molecule has 0 aromatic heterocycles. The van der Waals surface area contributed by atoms with Gasteiger partial charge < -0.3 is 0 Å². The monoisotopic (exact) mass is 111 g/mol. The molecule has 1 unspecified atom stereocenters. The average Bonchev–Trinajstić information content (AvgIpc) is 2.14. The van der Waals surface area contributed by atoms with E-state index in [1.165, 1.54) is 6.42 Å². The van der Waals surface area contributed by atoms with Gasteiger partial charge in [0.2, 0.25) is 0 Å². The van der Waals surface area contributed by atoms with Crippen LogP contribution < -0.4 is 0 Å². The summed E-state index contributed by atoms with van der Waals surface area (Å²) in [5.74, 6) is 0. The first-order valence-electron chi connectivity index (χ1n) is 3.21. The normalized spacial score (nSPS) is 29.5. The third kappa shape index (κ3) is 0.920. The second-order valence-corrected chi connectivity index (χ2v) is 2.34. The molecule has 1 nitrogen and oxygen atoms in total. The lowest BCUT2D eigenvalue weighted by atomic mass is 10.2. The van der Waals surface area contributed by atoms with Crippen LogP contribution in [0.15, 0.2) is 12.2 Å². The molecule has 0 fully saturated rings. The molecule has 0 aromatic rings. The second kappa shape index (κ2) is 2.31. The van der Waals surface area contributed by atoms with E-state index in [4.69, 9.17) is 0 Å². The van der Waals surface area contributed by atoms with E-state index >= 15 is 0 Å². The Kier molecular flexibility index (Phi) is 1.69. The highest BCUT2D eigenvalue weighted by Gasteiger charge is 2.11. The molecule has 0 saturated carbocycles. The smallest absolute Gasteiger partial charge is 0.0276 e. The van der Waals surface area contributed by atoms with E-state index in [2.05, 4.69) is 31.0 Å². The Morgan fingerprint density at radius 1 is 1.75 bits per heavy atom. The van der Waals surface area contributed by atoms with E-state index in [1.54, 1.807) is 0 Å². The third-order valence-corrected chi connectivity index (χ3v) is 1.74. The minimum atomic E-state index is 0.718. The molecule has 0 bridgehead atoms. The molecule has 0 radical (unpaired) electrons. The molecular formula is C7H13N. The second-order valence-electron chi connectivity index (χ2n) is 2.34. The van der Waals surface area contributed by atoms with Gasteiger partial charge in [0, 0.05) is 12.6 Å². The Hall–Kier alpha value is -0.300. The van der Waals surface area contributed by atoms with Crippen LogP contribution in [0.25, 0.3) is 0 Å². The molecule has 8 heavy (non-hydrogen) atoms. The van der Waals surface area contributed by atoms with E-state index in [1.807, 2.05) is 0 Å². The third-order valence-electron chi connectivity index (χ3n) is 1.74. The molecule has 1 rings (SSSR count). The van der Waals surface area contributed by atoms with Gasteiger partial charge in [-0.1, -0.05) is 19.1 Å². The molecule has 1 atom stereocenters. The fraction of sp³-hybridized carbons (Fsp3) is 0.714. The van der Waals surface area contributed by atoms with E-state index in [9.17, 15) is 0 Å². The van der Waals surface area contributed by atoms with Crippen LogP contribution in [0.4, 0.5) is 0 Å². The van der Waals surface area contributed by atoms with Crippen molar-refractivity contribution < 1.29 is 0 Å². The van der Waals surface area contributed by atoms with Gasteiger partial charge in [-0.05, 0) is 13.5 Å². The maximum atomic E-state index is 2.35. The van der Waals surface area contributed by atoms with Gasteiger partial charge >= 0.3 is 0 Å². The van der Waals surface area contributed by atoms with Crippen LogP contribution in [-0.4, -0.2) is 24.5 Å². The molecule has 1 aliphatic heterocycles. The average molecular weight is 111 g/mol. The summed E-state index contributed by atoms with van der Waals surface area (Å²) in [6.45, 7) is 3.36. The summed E-state index contributed by atoms with van der Waals surface area (Å²) in [4.78, 5) is 2.35. The lowest BCUT2D eigenvalue weighted by molar-refractivity contribution is 0.327. The van der Waals surface area contributed by atoms with Gasteiger partial charge in [0.05, 0.1) is 0 Å². The summed E-state index contributed by atoms with van der Waals surface area (Å²) in [7, 11) is 2.16. The number of nitrogens with zero attached hydrogens (tertiary/aromatic N) is 1. The maximum absolute atomic E-state index is 2.35. The number of rotatable bonds is 1. The SMILES string of the molecule is CCC1C=CCN1C. The van der Waals surface area contributed by atoms with Crippen LogP contribution in [0.1, 0.15) is 13.3 Å². The van der Waals surface area contributed by atoms with Crippen molar-refractivity contribution >= 4 is 0 Å². The summed E-state index contributed by atoms with van der Waals surface area (Å²) in [6.07, 6.45) is 5.75. The van der Waals surface area contributed by atoms with Gasteiger partial charge in [-0.3, -0.25) is 4.90 Å². The minimum Gasteiger partial charge on any atom is -0.296 e. The molecule has 0 saturated heterocycles. The lowest BCUT2D eigenvalue weighted by Gasteiger charge is -2.15. The van der Waals surface area contributed by atoms with Crippen molar-refractivity contribution in [3.63, 3.8) is 0 Å². The van der Waals surface area contributed by atoms with Crippen molar-refractivity contribution in [1.29, 1.82) is 0 Å². The largest absolute Gasteiger partial charge is 0.296 e. The number of hydrogen-bond acceptors (Lipinski definition) is 1. The zero-order valence-corrected chi connectivity index (χ0v) is 5.59. The van der Waals surface area contributed by atoms with Crippen LogP contribution in [0.2, 0.25) is 0 Å². The van der Waals surface area contributed by atoms with Crippen LogP contribution >= 0.6 is 0 Å². The van der Waals surface area contributed by atoms with Gasteiger partial charge in [0.25, 0.3) is 0 Å². The van der Waals surface area contributed by atoms with Gasteiger partial charge in [0.1, 0.15) is 0 Å². The summed E-state index contributed by atoms with van der Waals surface area (Å²) in [6, 6.07) is 0.718. The fourth-order valence-electron chi connectivity index (χ4n) is 1.11. The highest BCUT2D eigenvalue weighted by molar-refractivity contribution is 5.01. The van der Waals surface area contributed by atoms with Gasteiger partial charge in [0.15, 0.2) is 0 Å². The summed E-state index contributed by atoms with van der Waals surface area (Å²) >= 11 is 0. The number of likely N-dealkylation sites (N-methyl/N-ethyl adjacent to an activating group) is 1. The van der Waals surface area contributed by atoms with Crippen molar-refractivity contribution in [3.8, 4) is 0 Å². The standard InChI is InChI=1S/C7H13N/c1-3-7-5-4-6-8(7)2/h4-5,7H,3,6H2,1-2H3. The molecule has 0 aromatic carbocycles. The molecule has 0 spiro atoms. The predicted octanol–water partition coefficient (Wildman–Crippen LogP) is 1.27. The molecule has 1 aliphatic rings. The topological polar surface area (TPSA) is 3.24 Å². The lowest BCUT2D eigenvalue weighted by Crippen LogP contribution is -2.24. The van der Waals surface area contributed by atoms with Gasteiger partial charge in [-0.25, -0.2) is 0 Å². The van der Waals surface area contributed by atoms with Gasteiger partial charge in [-0.15, -0.1) is 0 Å². The Morgan fingerprint density at radius 2 is 2.50 bits per heavy atom. The van der Waals surface area contributed by atoms with E-state index in [0.717, 1.165) is 12.6 Å². The van der Waals surface area contributed by atoms with Crippen molar-refractivity contribution in [2.24, 2.45) is 0 Å². The summed E-state index contributed by atoms with van der Waals surface area (Å²) < 4.78 is 0. The molecule has 46 valence electrons. The fourth-order valence-corrected chi connectivity index (χ4v) is 1.11. The summed E-state index contributed by atoms with van der Waals surface area (Å²) in [5.41, 5.74) is 0. The Labute approximate surface area is 51.0 Å². The molecule has 0 N–H and O–H groups in total. The number of hydrogen-bond donors (Lipinski definition) is 0. The predicted molar refractivity (Wildman–Crippen MR) is 35.8 cm³/mol. The molecular weight excluding hydrogens is 98.1 g/mol. The Morgan fingerprint density at radius 3 is 2.75 bits per heavy atom. The Balaban J connectivity index is 2.41. The first-order valence-corrected chi connectivity index (χ1v) is 3.21. The van der Waals surface area contributed by atoms with E-state index < -0.39 is 0 Å². The van der Waals surface area contributed by atoms with Crippen LogP contribution in [0.3, 0.4) is 0 Å². The highest BCUT2D eigenvalue weighted by Crippen LogP contribution is 2.08. The van der Waals surface area contributed by atoms with Crippen LogP contribution in [-0.2, 0) is 0 Å². The molecule has 0 amide bonds. The quantitative estimate of drug-likeness (QED) is 0.460. The molecule has 1 heteroatoms. The van der Waals surface area contributed by atoms with Gasteiger partial charge in [-0.2, -0.15) is 0 Å². The molecule has 0 aliphatic carbocycles. The van der Waals surface area contributed by atoms with Crippen LogP contribution in [0, 0.1) is 0 Å². The van der Waals surface area contributed by atoms with E-state index in [0.29, 0.717) is 0 Å². The van der Waals surface area contributed by atoms with Crippen LogP contribution in [0.5, 0.6) is 0 Å². The molecule has 1 heterocycles. The first kappa shape index (κ1) is 5.83. The summed E-state index contributed by atoms with van der Waals surface area (Å²) in [5, 5.41) is 0. The van der Waals surface area contributed by atoms with Crippen molar-refractivity contribution in [1.82, 2.24) is 4.90 Å². The zero-order valence-electron chi connectivity index (χ0n) is 5.59. The zero-order chi connectivity index (χ0) is 5.98. The maximum Gasteiger partial charge on any atom is 0.0276 e. The highest BCUT2D eigenvalue weighted by atomic mass is 15.1. The van der Waals surface area contributed by atoms with E-state index in [-0.39, 0.29) is 0 Å².